The molecule has 0 spiro atoms. The summed E-state index contributed by atoms with van der Waals surface area (Å²) in [5.41, 5.74) is 8.06. The van der Waals surface area contributed by atoms with E-state index < -0.39 is 0 Å². The van der Waals surface area contributed by atoms with E-state index in [1.807, 2.05) is 6.07 Å². The van der Waals surface area contributed by atoms with Gasteiger partial charge in [-0.15, -0.1) is 0 Å². The number of hydrogen-bond donors (Lipinski definition) is 1. The van der Waals surface area contributed by atoms with Crippen molar-refractivity contribution in [3.05, 3.63) is 21.8 Å². The average molecular weight is 332 g/mol. The zero-order valence-corrected chi connectivity index (χ0v) is 11.6. The van der Waals surface area contributed by atoms with Crippen LogP contribution >= 0.6 is 22.6 Å². The predicted molar refractivity (Wildman–Crippen MR) is 75.8 cm³/mol. The van der Waals surface area contributed by atoms with Crippen molar-refractivity contribution in [1.82, 2.24) is 0 Å². The summed E-state index contributed by atoms with van der Waals surface area (Å²) < 4.78 is 6.84. The maximum atomic E-state index is 6.05. The van der Waals surface area contributed by atoms with Crippen LogP contribution < -0.4 is 10.6 Å². The smallest absolute Gasteiger partial charge is 0.0748 e. The van der Waals surface area contributed by atoms with Crippen LogP contribution in [0.15, 0.2) is 18.2 Å². The van der Waals surface area contributed by atoms with E-state index >= 15 is 0 Å². The monoisotopic (exact) mass is 332 g/mol. The summed E-state index contributed by atoms with van der Waals surface area (Å²) in [6.07, 6.45) is 1.40. The van der Waals surface area contributed by atoms with E-state index in [9.17, 15) is 0 Å². The van der Waals surface area contributed by atoms with Crippen LogP contribution in [-0.4, -0.2) is 25.8 Å². The highest BCUT2D eigenvalue weighted by Crippen LogP contribution is 2.27. The summed E-state index contributed by atoms with van der Waals surface area (Å²) in [6, 6.07) is 6.23. The molecule has 0 amide bonds. The van der Waals surface area contributed by atoms with Crippen LogP contribution in [0.1, 0.15) is 13.3 Å². The summed E-state index contributed by atoms with van der Waals surface area (Å²) in [5, 5.41) is 0. The molecule has 2 N–H and O–H groups in total. The highest BCUT2D eigenvalue weighted by atomic mass is 127. The fourth-order valence-corrected chi connectivity index (χ4v) is 2.51. The first-order valence-corrected chi connectivity index (χ1v) is 6.70. The topological polar surface area (TPSA) is 38.5 Å². The number of morpholine rings is 1. The third kappa shape index (κ3) is 2.60. The second-order valence-corrected chi connectivity index (χ2v) is 5.30. The number of halogens is 1. The maximum Gasteiger partial charge on any atom is 0.0748 e. The Hall–Kier alpha value is -0.490. The Balaban J connectivity index is 2.16. The second-order valence-electron chi connectivity index (χ2n) is 4.05. The van der Waals surface area contributed by atoms with Gasteiger partial charge in [-0.25, -0.2) is 0 Å². The molecule has 1 aromatic carbocycles. The summed E-state index contributed by atoms with van der Waals surface area (Å²) >= 11 is 2.28. The molecule has 0 radical (unpaired) electrons. The second kappa shape index (κ2) is 5.23. The number of anilines is 2. The molecule has 0 aliphatic carbocycles. The normalized spacial score (nSPS) is 21.1. The average Bonchev–Trinajstić information content (AvgIpc) is 2.29. The largest absolute Gasteiger partial charge is 0.397 e. The molecule has 0 aromatic heterocycles. The van der Waals surface area contributed by atoms with Gasteiger partial charge in [0.25, 0.3) is 0 Å². The van der Waals surface area contributed by atoms with Gasteiger partial charge in [-0.05, 0) is 47.2 Å². The molecule has 88 valence electrons. The molecule has 2 rings (SSSR count). The van der Waals surface area contributed by atoms with Crippen molar-refractivity contribution in [1.29, 1.82) is 0 Å². The molecule has 1 heterocycles. The van der Waals surface area contributed by atoms with Gasteiger partial charge in [-0.2, -0.15) is 0 Å². The minimum Gasteiger partial charge on any atom is -0.397 e. The van der Waals surface area contributed by atoms with Gasteiger partial charge in [0.05, 0.1) is 24.1 Å². The van der Waals surface area contributed by atoms with Gasteiger partial charge < -0.3 is 15.4 Å². The molecule has 1 aliphatic heterocycles. The van der Waals surface area contributed by atoms with Crippen molar-refractivity contribution in [2.45, 2.75) is 19.4 Å². The molecule has 16 heavy (non-hydrogen) atoms. The van der Waals surface area contributed by atoms with Crippen LogP contribution in [0.4, 0.5) is 11.4 Å². The minimum absolute atomic E-state index is 0.340. The Morgan fingerprint density at radius 1 is 1.56 bits per heavy atom. The van der Waals surface area contributed by atoms with E-state index in [0.29, 0.717) is 6.10 Å². The lowest BCUT2D eigenvalue weighted by molar-refractivity contribution is 0.0385. The highest BCUT2D eigenvalue weighted by Gasteiger charge is 2.20. The third-order valence-corrected chi connectivity index (χ3v) is 3.60. The third-order valence-electron chi connectivity index (χ3n) is 2.92. The minimum atomic E-state index is 0.340. The Kier molecular flexibility index (Phi) is 3.91. The van der Waals surface area contributed by atoms with Crippen molar-refractivity contribution in [3.8, 4) is 0 Å². The number of nitrogen functional groups attached to an aromatic ring is 1. The van der Waals surface area contributed by atoms with Gasteiger partial charge in [0.15, 0.2) is 0 Å². The Morgan fingerprint density at radius 3 is 3.06 bits per heavy atom. The quantitative estimate of drug-likeness (QED) is 0.668. The van der Waals surface area contributed by atoms with E-state index in [4.69, 9.17) is 10.5 Å². The van der Waals surface area contributed by atoms with Crippen LogP contribution in [-0.2, 0) is 4.74 Å². The number of rotatable bonds is 2. The lowest BCUT2D eigenvalue weighted by Gasteiger charge is -2.34. The Labute approximate surface area is 110 Å². The fourth-order valence-electron chi connectivity index (χ4n) is 2.00. The maximum absolute atomic E-state index is 6.05. The van der Waals surface area contributed by atoms with Crippen molar-refractivity contribution in [3.63, 3.8) is 0 Å². The molecule has 1 fully saturated rings. The lowest BCUT2D eigenvalue weighted by Crippen LogP contribution is -2.42. The van der Waals surface area contributed by atoms with Crippen LogP contribution in [0.5, 0.6) is 0 Å². The molecule has 4 heteroatoms. The molecular weight excluding hydrogens is 315 g/mol. The SMILES string of the molecule is CCC1CN(c2ccc(I)cc2N)CCO1. The molecular formula is C12H17IN2O. The van der Waals surface area contributed by atoms with E-state index in [-0.39, 0.29) is 0 Å². The number of ether oxygens (including phenoxy) is 1. The van der Waals surface area contributed by atoms with E-state index in [1.165, 1.54) is 3.57 Å². The summed E-state index contributed by atoms with van der Waals surface area (Å²) in [5.74, 6) is 0. The van der Waals surface area contributed by atoms with Crippen LogP contribution in [0.2, 0.25) is 0 Å². The molecule has 1 atom stereocenters. The van der Waals surface area contributed by atoms with E-state index in [1.54, 1.807) is 0 Å². The standard InChI is InChI=1S/C12H17IN2O/c1-2-10-8-15(5-6-16-10)12-4-3-9(13)7-11(12)14/h3-4,7,10H,2,5-6,8,14H2,1H3. The summed E-state index contributed by atoms with van der Waals surface area (Å²) in [7, 11) is 0. The first-order chi connectivity index (χ1) is 7.70. The van der Waals surface area contributed by atoms with Crippen molar-refractivity contribution in [2.75, 3.05) is 30.3 Å². The molecule has 1 unspecified atom stereocenters. The lowest BCUT2D eigenvalue weighted by atomic mass is 10.2. The Morgan fingerprint density at radius 2 is 2.38 bits per heavy atom. The Bertz CT molecular complexity index is 370. The summed E-state index contributed by atoms with van der Waals surface area (Å²) in [4.78, 5) is 2.32. The molecule has 0 bridgehead atoms. The van der Waals surface area contributed by atoms with Gasteiger partial charge in [-0.3, -0.25) is 0 Å². The zero-order valence-electron chi connectivity index (χ0n) is 9.45. The van der Waals surface area contributed by atoms with Gasteiger partial charge in [-0.1, -0.05) is 6.92 Å². The predicted octanol–water partition coefficient (Wildman–Crippen LogP) is 2.49. The zero-order chi connectivity index (χ0) is 11.5. The van der Waals surface area contributed by atoms with Crippen LogP contribution in [0.25, 0.3) is 0 Å². The number of hydrogen-bond acceptors (Lipinski definition) is 3. The first-order valence-electron chi connectivity index (χ1n) is 5.62. The van der Waals surface area contributed by atoms with Gasteiger partial charge >= 0.3 is 0 Å². The number of benzene rings is 1. The number of nitrogens with two attached hydrogens (primary N) is 1. The molecule has 1 saturated heterocycles. The molecule has 1 aromatic rings. The fraction of sp³-hybridized carbons (Fsp3) is 0.500. The number of nitrogens with zero attached hydrogens (tertiary/aromatic N) is 1. The van der Waals surface area contributed by atoms with E-state index in [2.05, 4.69) is 46.5 Å². The van der Waals surface area contributed by atoms with Crippen LogP contribution in [0.3, 0.4) is 0 Å². The van der Waals surface area contributed by atoms with Crippen LogP contribution in [0, 0.1) is 3.57 Å². The van der Waals surface area contributed by atoms with E-state index in [0.717, 1.165) is 37.5 Å². The van der Waals surface area contributed by atoms with Gasteiger partial charge in [0, 0.05) is 16.7 Å². The van der Waals surface area contributed by atoms with Gasteiger partial charge in [0.1, 0.15) is 0 Å². The van der Waals surface area contributed by atoms with Crippen molar-refractivity contribution >= 4 is 34.0 Å². The highest BCUT2D eigenvalue weighted by molar-refractivity contribution is 14.1. The van der Waals surface area contributed by atoms with Gasteiger partial charge in [0.2, 0.25) is 0 Å². The molecule has 1 aliphatic rings. The summed E-state index contributed by atoms with van der Waals surface area (Å²) in [6.45, 7) is 4.83. The molecule has 0 saturated carbocycles. The van der Waals surface area contributed by atoms with Crippen molar-refractivity contribution in [2.24, 2.45) is 0 Å². The first kappa shape index (κ1) is 12.0. The van der Waals surface area contributed by atoms with Crippen molar-refractivity contribution < 1.29 is 4.74 Å². The molecule has 3 nitrogen and oxygen atoms in total.